The van der Waals surface area contributed by atoms with Gasteiger partial charge in [0.1, 0.15) is 17.4 Å². The lowest BCUT2D eigenvalue weighted by Gasteiger charge is -2.12. The second-order valence-corrected chi connectivity index (χ2v) is 5.65. The van der Waals surface area contributed by atoms with Crippen molar-refractivity contribution >= 4 is 39.1 Å². The topological polar surface area (TPSA) is 46.2 Å². The Morgan fingerprint density at radius 1 is 1.36 bits per heavy atom. The zero-order chi connectivity index (χ0) is 15.9. The smallest absolute Gasteiger partial charge is 0.171 e. The summed E-state index contributed by atoms with van der Waals surface area (Å²) in [5.74, 6) is 0.879. The summed E-state index contributed by atoms with van der Waals surface area (Å²) in [5, 5.41) is 6.43. The van der Waals surface area contributed by atoms with Crippen molar-refractivity contribution in [3.63, 3.8) is 0 Å². The molecule has 0 unspecified atom stereocenters. The van der Waals surface area contributed by atoms with E-state index in [1.54, 1.807) is 18.3 Å². The summed E-state index contributed by atoms with van der Waals surface area (Å²) in [6.45, 7) is 0.480. The molecular formula is C15H15BrFN3OS. The molecule has 2 N–H and O–H groups in total. The molecule has 1 heterocycles. The molecule has 2 rings (SSSR count). The Hall–Kier alpha value is -1.73. The Kier molecular flexibility index (Phi) is 6.09. The van der Waals surface area contributed by atoms with Crippen LogP contribution in [-0.4, -0.2) is 23.8 Å². The summed E-state index contributed by atoms with van der Waals surface area (Å²) < 4.78 is 19.8. The van der Waals surface area contributed by atoms with E-state index < -0.39 is 0 Å². The molecule has 0 amide bonds. The highest BCUT2D eigenvalue weighted by Crippen LogP contribution is 2.21. The molecule has 22 heavy (non-hydrogen) atoms. The largest absolute Gasteiger partial charge is 0.496 e. The van der Waals surface area contributed by atoms with Crippen molar-refractivity contribution in [1.29, 1.82) is 0 Å². The molecule has 4 nitrogen and oxygen atoms in total. The third-order valence-electron chi connectivity index (χ3n) is 2.95. The monoisotopic (exact) mass is 383 g/mol. The first-order valence-corrected chi connectivity index (χ1v) is 7.78. The number of benzene rings is 1. The number of thiocarbonyl (C=S) groups is 1. The first-order valence-electron chi connectivity index (χ1n) is 6.58. The van der Waals surface area contributed by atoms with E-state index in [4.69, 9.17) is 17.0 Å². The fourth-order valence-corrected chi connectivity index (χ4v) is 2.46. The SMILES string of the molecule is COc1cccc(F)c1CCNC(=S)Nc1ncccc1Br. The molecule has 116 valence electrons. The van der Waals surface area contributed by atoms with Crippen LogP contribution in [0.2, 0.25) is 0 Å². The quantitative estimate of drug-likeness (QED) is 0.773. The lowest BCUT2D eigenvalue weighted by molar-refractivity contribution is 0.404. The normalized spacial score (nSPS) is 10.1. The minimum atomic E-state index is -0.285. The average Bonchev–Trinajstić information content (AvgIpc) is 2.51. The van der Waals surface area contributed by atoms with E-state index in [0.717, 1.165) is 4.47 Å². The Balaban J connectivity index is 1.89. The first kappa shape index (κ1) is 16.6. The van der Waals surface area contributed by atoms with Crippen LogP contribution in [0.25, 0.3) is 0 Å². The molecule has 0 aliphatic heterocycles. The third-order valence-corrected chi connectivity index (χ3v) is 3.83. The maximum atomic E-state index is 13.8. The zero-order valence-electron chi connectivity index (χ0n) is 11.9. The predicted octanol–water partition coefficient (Wildman–Crippen LogP) is 3.52. The van der Waals surface area contributed by atoms with Crippen LogP contribution in [0.1, 0.15) is 5.56 Å². The summed E-state index contributed by atoms with van der Waals surface area (Å²) in [7, 11) is 1.52. The van der Waals surface area contributed by atoms with Crippen LogP contribution in [-0.2, 0) is 6.42 Å². The minimum Gasteiger partial charge on any atom is -0.496 e. The van der Waals surface area contributed by atoms with Gasteiger partial charge in [0, 0.05) is 18.3 Å². The number of rotatable bonds is 5. The van der Waals surface area contributed by atoms with Gasteiger partial charge in [-0.05, 0) is 58.8 Å². The summed E-state index contributed by atoms with van der Waals surface area (Å²) in [6, 6.07) is 8.45. The number of halogens is 2. The van der Waals surface area contributed by atoms with E-state index in [0.29, 0.717) is 35.2 Å². The second-order valence-electron chi connectivity index (χ2n) is 4.39. The number of hydrogen-bond donors (Lipinski definition) is 2. The first-order chi connectivity index (χ1) is 10.6. The fourth-order valence-electron chi connectivity index (χ4n) is 1.90. The van der Waals surface area contributed by atoms with E-state index in [2.05, 4.69) is 31.5 Å². The molecule has 0 spiro atoms. The number of methoxy groups -OCH3 is 1. The highest BCUT2D eigenvalue weighted by molar-refractivity contribution is 9.10. The second kappa shape index (κ2) is 8.05. The fraction of sp³-hybridized carbons (Fsp3) is 0.200. The molecule has 0 aliphatic rings. The van der Waals surface area contributed by atoms with Crippen molar-refractivity contribution in [2.75, 3.05) is 19.0 Å². The molecule has 0 bridgehead atoms. The molecule has 0 saturated carbocycles. The van der Waals surface area contributed by atoms with Gasteiger partial charge in [0.15, 0.2) is 5.11 Å². The average molecular weight is 384 g/mol. The molecular weight excluding hydrogens is 369 g/mol. The van der Waals surface area contributed by atoms with Gasteiger partial charge >= 0.3 is 0 Å². The number of nitrogens with one attached hydrogen (secondary N) is 2. The molecule has 0 fully saturated rings. The molecule has 2 aromatic rings. The Bertz CT molecular complexity index is 669. The molecule has 7 heteroatoms. The van der Waals surface area contributed by atoms with E-state index in [-0.39, 0.29) is 5.82 Å². The Labute approximate surface area is 142 Å². The van der Waals surface area contributed by atoms with Gasteiger partial charge in [-0.15, -0.1) is 0 Å². The predicted molar refractivity (Wildman–Crippen MR) is 92.8 cm³/mol. The van der Waals surface area contributed by atoms with Crippen molar-refractivity contribution in [3.05, 3.63) is 52.4 Å². The standard InChI is InChI=1S/C15H15BrFN3OS/c1-21-13-6-2-5-12(17)10(13)7-9-19-15(22)20-14-11(16)4-3-8-18-14/h2-6,8H,7,9H2,1H3,(H2,18,19,20,22). The summed E-state index contributed by atoms with van der Waals surface area (Å²) in [6.07, 6.45) is 2.13. The number of pyridine rings is 1. The van der Waals surface area contributed by atoms with Gasteiger partial charge in [-0.1, -0.05) is 6.07 Å². The highest BCUT2D eigenvalue weighted by atomic mass is 79.9. The van der Waals surface area contributed by atoms with Crippen molar-refractivity contribution in [3.8, 4) is 5.75 Å². The molecule has 0 atom stereocenters. The molecule has 1 aromatic heterocycles. The van der Waals surface area contributed by atoms with Gasteiger partial charge in [0.05, 0.1) is 11.6 Å². The lowest BCUT2D eigenvalue weighted by Crippen LogP contribution is -2.30. The molecule has 0 radical (unpaired) electrons. The Morgan fingerprint density at radius 3 is 2.91 bits per heavy atom. The third kappa shape index (κ3) is 4.38. The number of hydrogen-bond acceptors (Lipinski definition) is 3. The van der Waals surface area contributed by atoms with Crippen LogP contribution in [0, 0.1) is 5.82 Å². The molecule has 0 aliphatic carbocycles. The highest BCUT2D eigenvalue weighted by Gasteiger charge is 2.09. The number of anilines is 1. The van der Waals surface area contributed by atoms with Crippen molar-refractivity contribution < 1.29 is 9.13 Å². The van der Waals surface area contributed by atoms with Crippen molar-refractivity contribution in [2.45, 2.75) is 6.42 Å². The van der Waals surface area contributed by atoms with Crippen LogP contribution < -0.4 is 15.4 Å². The lowest BCUT2D eigenvalue weighted by atomic mass is 10.1. The van der Waals surface area contributed by atoms with Gasteiger partial charge in [-0.2, -0.15) is 0 Å². The van der Waals surface area contributed by atoms with Crippen LogP contribution >= 0.6 is 28.1 Å². The van der Waals surface area contributed by atoms with E-state index >= 15 is 0 Å². The van der Waals surface area contributed by atoms with Gasteiger partial charge in [-0.25, -0.2) is 9.37 Å². The van der Waals surface area contributed by atoms with Crippen LogP contribution in [0.4, 0.5) is 10.2 Å². The number of nitrogens with zero attached hydrogens (tertiary/aromatic N) is 1. The summed E-state index contributed by atoms with van der Waals surface area (Å²) >= 11 is 8.58. The van der Waals surface area contributed by atoms with Crippen molar-refractivity contribution in [1.82, 2.24) is 10.3 Å². The number of aromatic nitrogens is 1. The number of ether oxygens (including phenoxy) is 1. The van der Waals surface area contributed by atoms with Crippen LogP contribution in [0.15, 0.2) is 41.0 Å². The molecule has 0 saturated heterocycles. The van der Waals surface area contributed by atoms with Crippen LogP contribution in [0.3, 0.4) is 0 Å². The maximum Gasteiger partial charge on any atom is 0.171 e. The van der Waals surface area contributed by atoms with Gasteiger partial charge in [-0.3, -0.25) is 0 Å². The minimum absolute atomic E-state index is 0.285. The van der Waals surface area contributed by atoms with E-state index in [1.807, 2.05) is 12.1 Å². The molecule has 1 aromatic carbocycles. The zero-order valence-corrected chi connectivity index (χ0v) is 14.3. The van der Waals surface area contributed by atoms with Gasteiger partial charge in [0.2, 0.25) is 0 Å². The van der Waals surface area contributed by atoms with Crippen molar-refractivity contribution in [2.24, 2.45) is 0 Å². The van der Waals surface area contributed by atoms with Gasteiger partial charge < -0.3 is 15.4 Å². The summed E-state index contributed by atoms with van der Waals surface area (Å²) in [4.78, 5) is 4.16. The van der Waals surface area contributed by atoms with E-state index in [1.165, 1.54) is 13.2 Å². The Morgan fingerprint density at radius 2 is 2.18 bits per heavy atom. The van der Waals surface area contributed by atoms with Crippen LogP contribution in [0.5, 0.6) is 5.75 Å². The maximum absolute atomic E-state index is 13.8. The van der Waals surface area contributed by atoms with E-state index in [9.17, 15) is 4.39 Å². The van der Waals surface area contributed by atoms with Gasteiger partial charge in [0.25, 0.3) is 0 Å². The summed E-state index contributed by atoms with van der Waals surface area (Å²) in [5.41, 5.74) is 0.527.